The van der Waals surface area contributed by atoms with Gasteiger partial charge in [-0.25, -0.2) is 4.98 Å². The van der Waals surface area contributed by atoms with Crippen LogP contribution in [-0.2, 0) is 4.79 Å². The summed E-state index contributed by atoms with van der Waals surface area (Å²) in [5, 5.41) is 0. The van der Waals surface area contributed by atoms with Crippen molar-refractivity contribution in [1.29, 1.82) is 0 Å². The molecule has 1 aromatic rings. The molecule has 0 aromatic carbocycles. The fourth-order valence-electron chi connectivity index (χ4n) is 2.27. The lowest BCUT2D eigenvalue weighted by Gasteiger charge is -2.33. The number of primary amides is 1. The summed E-state index contributed by atoms with van der Waals surface area (Å²) in [6.45, 7) is 1.67. The lowest BCUT2D eigenvalue weighted by atomic mass is 9.93. The molecule has 0 atom stereocenters. The molecule has 5 heteroatoms. The average molecular weight is 237 g/mol. The van der Waals surface area contributed by atoms with E-state index in [1.807, 2.05) is 0 Å². The molecule has 4 nitrogen and oxygen atoms in total. The second-order valence-corrected chi connectivity index (χ2v) is 4.44. The lowest BCUT2D eigenvalue weighted by molar-refractivity contribution is -0.119. The maximum absolute atomic E-state index is 13.0. The van der Waals surface area contributed by atoms with Crippen LogP contribution in [-0.4, -0.2) is 24.0 Å². The number of nitrogens with two attached hydrogens (primary N) is 1. The van der Waals surface area contributed by atoms with E-state index in [2.05, 4.69) is 9.88 Å². The molecule has 1 fully saturated rings. The van der Waals surface area contributed by atoms with Crippen LogP contribution < -0.4 is 10.6 Å². The summed E-state index contributed by atoms with van der Waals surface area (Å²) >= 11 is 0. The molecule has 0 spiro atoms. The van der Waals surface area contributed by atoms with Crippen LogP contribution in [0, 0.1) is 11.9 Å². The summed E-state index contributed by atoms with van der Waals surface area (Å²) in [5.41, 5.74) is 6.04. The van der Waals surface area contributed by atoms with Crippen LogP contribution in [0.5, 0.6) is 0 Å². The number of amides is 1. The van der Waals surface area contributed by atoms with E-state index in [-0.39, 0.29) is 5.91 Å². The van der Waals surface area contributed by atoms with Crippen molar-refractivity contribution in [3.05, 3.63) is 24.3 Å². The van der Waals surface area contributed by atoms with Crippen molar-refractivity contribution in [3.63, 3.8) is 0 Å². The zero-order valence-electron chi connectivity index (χ0n) is 9.60. The number of rotatable bonds is 3. The number of hydrogen-bond acceptors (Lipinski definition) is 3. The predicted octanol–water partition coefficient (Wildman–Crippen LogP) is 1.31. The van der Waals surface area contributed by atoms with Gasteiger partial charge in [-0.2, -0.15) is 4.39 Å². The van der Waals surface area contributed by atoms with E-state index in [1.54, 1.807) is 6.07 Å². The Kier molecular flexibility index (Phi) is 3.56. The number of hydrogen-bond donors (Lipinski definition) is 1. The minimum Gasteiger partial charge on any atom is -0.371 e. The van der Waals surface area contributed by atoms with E-state index in [9.17, 15) is 9.18 Å². The van der Waals surface area contributed by atoms with Crippen LogP contribution in [0.15, 0.2) is 18.3 Å². The standard InChI is InChI=1S/C12H16FN3O/c13-11-8-10(1-4-15-11)16-5-2-9(3-6-16)7-12(14)17/h1,4,8-9H,2-3,5-7H2,(H2,14,17). The highest BCUT2D eigenvalue weighted by Crippen LogP contribution is 2.24. The molecule has 0 saturated carbocycles. The van der Waals surface area contributed by atoms with Gasteiger partial charge in [-0.05, 0) is 24.8 Å². The minimum atomic E-state index is -0.457. The molecule has 0 aliphatic carbocycles. The first-order chi connectivity index (χ1) is 8.15. The van der Waals surface area contributed by atoms with E-state index >= 15 is 0 Å². The van der Waals surface area contributed by atoms with Crippen molar-refractivity contribution in [1.82, 2.24) is 4.98 Å². The first-order valence-corrected chi connectivity index (χ1v) is 5.80. The molecule has 1 amide bonds. The van der Waals surface area contributed by atoms with E-state index < -0.39 is 5.95 Å². The molecule has 17 heavy (non-hydrogen) atoms. The third-order valence-electron chi connectivity index (χ3n) is 3.18. The molecular weight excluding hydrogens is 221 g/mol. The van der Waals surface area contributed by atoms with Crippen LogP contribution in [0.25, 0.3) is 0 Å². The van der Waals surface area contributed by atoms with Crippen molar-refractivity contribution < 1.29 is 9.18 Å². The first-order valence-electron chi connectivity index (χ1n) is 5.80. The Morgan fingerprint density at radius 3 is 2.82 bits per heavy atom. The highest BCUT2D eigenvalue weighted by atomic mass is 19.1. The Labute approximate surface area is 99.6 Å². The Morgan fingerprint density at radius 1 is 1.53 bits per heavy atom. The van der Waals surface area contributed by atoms with E-state index in [0.717, 1.165) is 31.6 Å². The first kappa shape index (κ1) is 11.8. The molecule has 1 aliphatic heterocycles. The third kappa shape index (κ3) is 3.15. The van der Waals surface area contributed by atoms with Crippen molar-refractivity contribution in [3.8, 4) is 0 Å². The molecule has 92 valence electrons. The highest BCUT2D eigenvalue weighted by Gasteiger charge is 2.20. The van der Waals surface area contributed by atoms with Crippen molar-refractivity contribution in [2.75, 3.05) is 18.0 Å². The van der Waals surface area contributed by atoms with Crippen LogP contribution in [0.4, 0.5) is 10.1 Å². The fraction of sp³-hybridized carbons (Fsp3) is 0.500. The third-order valence-corrected chi connectivity index (χ3v) is 3.18. The molecule has 2 heterocycles. The summed E-state index contributed by atoms with van der Waals surface area (Å²) in [4.78, 5) is 16.5. The zero-order chi connectivity index (χ0) is 12.3. The quantitative estimate of drug-likeness (QED) is 0.806. The Hall–Kier alpha value is -1.65. The Bertz CT molecular complexity index is 402. The van der Waals surface area contributed by atoms with Gasteiger partial charge >= 0.3 is 0 Å². The van der Waals surface area contributed by atoms with Crippen molar-refractivity contribution >= 4 is 11.6 Å². The normalized spacial score (nSPS) is 17.1. The van der Waals surface area contributed by atoms with Crippen molar-refractivity contribution in [2.45, 2.75) is 19.3 Å². The van der Waals surface area contributed by atoms with Gasteiger partial charge in [0.2, 0.25) is 11.9 Å². The van der Waals surface area contributed by atoms with Gasteiger partial charge in [-0.1, -0.05) is 0 Å². The summed E-state index contributed by atoms with van der Waals surface area (Å²) < 4.78 is 13.0. The maximum atomic E-state index is 13.0. The summed E-state index contributed by atoms with van der Waals surface area (Å²) in [7, 11) is 0. The number of carbonyl (C=O) groups is 1. The smallest absolute Gasteiger partial charge is 0.217 e. The van der Waals surface area contributed by atoms with Gasteiger partial charge in [-0.3, -0.25) is 4.79 Å². The van der Waals surface area contributed by atoms with Crippen molar-refractivity contribution in [2.24, 2.45) is 11.7 Å². The minimum absolute atomic E-state index is 0.238. The summed E-state index contributed by atoms with van der Waals surface area (Å²) in [6, 6.07) is 3.24. The largest absolute Gasteiger partial charge is 0.371 e. The average Bonchev–Trinajstić information content (AvgIpc) is 2.29. The lowest BCUT2D eigenvalue weighted by Crippen LogP contribution is -2.35. The van der Waals surface area contributed by atoms with Gasteiger partial charge in [0.05, 0.1) is 0 Å². The number of aromatic nitrogens is 1. The number of halogens is 1. The van der Waals surface area contributed by atoms with Gasteiger partial charge < -0.3 is 10.6 Å². The van der Waals surface area contributed by atoms with E-state index in [1.165, 1.54) is 12.3 Å². The summed E-state index contributed by atoms with van der Waals surface area (Å²) in [6.07, 6.45) is 3.78. The molecule has 1 aromatic heterocycles. The van der Waals surface area contributed by atoms with Crippen LogP contribution in [0.3, 0.4) is 0 Å². The monoisotopic (exact) mass is 237 g/mol. The second kappa shape index (κ2) is 5.12. The highest BCUT2D eigenvalue weighted by molar-refractivity contribution is 5.74. The summed E-state index contributed by atoms with van der Waals surface area (Å²) in [5.74, 6) is -0.324. The van der Waals surface area contributed by atoms with E-state index in [0.29, 0.717) is 12.3 Å². The van der Waals surface area contributed by atoms with Gasteiger partial charge in [0.25, 0.3) is 0 Å². The van der Waals surface area contributed by atoms with Gasteiger partial charge in [0, 0.05) is 37.5 Å². The Balaban J connectivity index is 1.93. The molecule has 0 unspecified atom stereocenters. The zero-order valence-corrected chi connectivity index (χ0v) is 9.60. The molecule has 0 radical (unpaired) electrons. The van der Waals surface area contributed by atoms with E-state index in [4.69, 9.17) is 5.73 Å². The van der Waals surface area contributed by atoms with Crippen LogP contribution in [0.2, 0.25) is 0 Å². The predicted molar refractivity (Wildman–Crippen MR) is 62.9 cm³/mol. The number of pyridine rings is 1. The number of anilines is 1. The molecule has 1 saturated heterocycles. The molecule has 2 N–H and O–H groups in total. The molecule has 2 rings (SSSR count). The molecule has 1 aliphatic rings. The molecule has 0 bridgehead atoms. The SMILES string of the molecule is NC(=O)CC1CCN(c2ccnc(F)c2)CC1. The number of carbonyl (C=O) groups excluding carboxylic acids is 1. The van der Waals surface area contributed by atoms with Gasteiger partial charge in [-0.15, -0.1) is 0 Å². The van der Waals surface area contributed by atoms with Gasteiger partial charge in [0.1, 0.15) is 0 Å². The molecular formula is C12H16FN3O. The topological polar surface area (TPSA) is 59.2 Å². The fourth-order valence-corrected chi connectivity index (χ4v) is 2.27. The number of nitrogens with zero attached hydrogens (tertiary/aromatic N) is 2. The maximum Gasteiger partial charge on any atom is 0.217 e. The Morgan fingerprint density at radius 2 is 2.24 bits per heavy atom. The number of piperidine rings is 1. The van der Waals surface area contributed by atoms with Crippen LogP contribution in [0.1, 0.15) is 19.3 Å². The van der Waals surface area contributed by atoms with Crippen LogP contribution >= 0.6 is 0 Å². The van der Waals surface area contributed by atoms with Gasteiger partial charge in [0.15, 0.2) is 0 Å². The second-order valence-electron chi connectivity index (χ2n) is 4.44.